The number of nitrogens with zero attached hydrogens (tertiary/aromatic N) is 1. The van der Waals surface area contributed by atoms with Crippen LogP contribution < -0.4 is 0 Å². The van der Waals surface area contributed by atoms with Crippen molar-refractivity contribution >= 4 is 5.78 Å². The van der Waals surface area contributed by atoms with Gasteiger partial charge in [0, 0.05) is 18.4 Å². The molecule has 1 saturated heterocycles. The summed E-state index contributed by atoms with van der Waals surface area (Å²) in [5.41, 5.74) is 1.42. The van der Waals surface area contributed by atoms with Gasteiger partial charge in [-0.15, -0.1) is 0 Å². The van der Waals surface area contributed by atoms with Crippen LogP contribution in [0.15, 0.2) is 11.6 Å². The summed E-state index contributed by atoms with van der Waals surface area (Å²) in [6, 6.07) is 0. The minimum Gasteiger partial charge on any atom is -0.385 e. The molecule has 4 aliphatic rings. The number of rotatable bonds is 0. The second-order valence-corrected chi connectivity index (χ2v) is 7.05. The van der Waals surface area contributed by atoms with Crippen LogP contribution in [0.2, 0.25) is 0 Å². The van der Waals surface area contributed by atoms with Crippen LogP contribution in [-0.2, 0) is 4.79 Å². The second-order valence-electron chi connectivity index (χ2n) is 7.05. The Balaban J connectivity index is 1.90. The Morgan fingerprint density at radius 3 is 3.11 bits per heavy atom. The average Bonchev–Trinajstić information content (AvgIpc) is 2.40. The Hall–Kier alpha value is -0.670. The van der Waals surface area contributed by atoms with Gasteiger partial charge in [0.25, 0.3) is 0 Å². The molecule has 2 saturated carbocycles. The van der Waals surface area contributed by atoms with Crippen LogP contribution in [-0.4, -0.2) is 40.5 Å². The maximum absolute atomic E-state index is 12.6. The van der Waals surface area contributed by atoms with E-state index < -0.39 is 6.10 Å². The molecule has 0 unspecified atom stereocenters. The van der Waals surface area contributed by atoms with Crippen LogP contribution in [0.5, 0.6) is 0 Å². The van der Waals surface area contributed by atoms with Crippen molar-refractivity contribution in [3.63, 3.8) is 0 Å². The minimum atomic E-state index is -0.731. The van der Waals surface area contributed by atoms with Crippen molar-refractivity contribution in [3.05, 3.63) is 11.6 Å². The zero-order valence-electron chi connectivity index (χ0n) is 11.6. The lowest BCUT2D eigenvalue weighted by molar-refractivity contribution is -0.154. The Morgan fingerprint density at radius 1 is 1.42 bits per heavy atom. The topological polar surface area (TPSA) is 40.5 Å². The van der Waals surface area contributed by atoms with Crippen LogP contribution in [0, 0.1) is 17.8 Å². The summed E-state index contributed by atoms with van der Waals surface area (Å²) in [5, 5.41) is 10.4. The number of Topliss-reactive ketones (excluding diaryl/α,β-unsaturated/α-hetero) is 1. The summed E-state index contributed by atoms with van der Waals surface area (Å²) >= 11 is 0. The number of carbonyl (C=O) groups is 1. The van der Waals surface area contributed by atoms with Gasteiger partial charge in [-0.25, -0.2) is 0 Å². The molecule has 0 amide bonds. The standard InChI is InChI=1S/C16H23NO2/c1-10-8-11-12-4-2-6-17-7-3-5-13(15(19)14(11)18)16(12,17)9-10/h4,10-11,13-14,18H,2-3,5-9H2,1H3/t10-,11-,13+,14+,16-/m1/s1. The van der Waals surface area contributed by atoms with Gasteiger partial charge in [-0.05, 0) is 50.1 Å². The van der Waals surface area contributed by atoms with E-state index >= 15 is 0 Å². The van der Waals surface area contributed by atoms with Gasteiger partial charge in [-0.1, -0.05) is 13.0 Å². The van der Waals surface area contributed by atoms with Crippen LogP contribution in [0.3, 0.4) is 0 Å². The highest BCUT2D eigenvalue weighted by Crippen LogP contribution is 2.57. The SMILES string of the molecule is C[C@@H]1C[C@@H]2C3=CCCN4CCC[C@@H](C(=O)[C@H]2O)[C@@]34C1. The lowest BCUT2D eigenvalue weighted by atomic mass is 9.51. The largest absolute Gasteiger partial charge is 0.385 e. The molecule has 0 aromatic carbocycles. The maximum Gasteiger partial charge on any atom is 0.167 e. The van der Waals surface area contributed by atoms with Gasteiger partial charge in [0.05, 0.1) is 5.54 Å². The molecule has 0 aromatic heterocycles. The Kier molecular flexibility index (Phi) is 2.50. The first-order valence-electron chi connectivity index (χ1n) is 7.82. The third kappa shape index (κ3) is 1.38. The first kappa shape index (κ1) is 12.1. The molecule has 2 bridgehead atoms. The van der Waals surface area contributed by atoms with E-state index in [1.54, 1.807) is 0 Å². The van der Waals surface area contributed by atoms with Crippen molar-refractivity contribution in [2.45, 2.75) is 50.7 Å². The fourth-order valence-corrected chi connectivity index (χ4v) is 5.51. The summed E-state index contributed by atoms with van der Waals surface area (Å²) in [5.74, 6) is 0.918. The maximum atomic E-state index is 12.6. The minimum absolute atomic E-state index is 0.00481. The Bertz CT molecular complexity index is 458. The third-order valence-corrected chi connectivity index (χ3v) is 6.06. The van der Waals surface area contributed by atoms with Gasteiger partial charge in [0.1, 0.15) is 6.10 Å². The number of piperidine rings is 1. The number of hydrogen-bond acceptors (Lipinski definition) is 3. The lowest BCUT2D eigenvalue weighted by Crippen LogP contribution is -2.70. The van der Waals surface area contributed by atoms with Crippen LogP contribution >= 0.6 is 0 Å². The highest BCUT2D eigenvalue weighted by Gasteiger charge is 2.62. The lowest BCUT2D eigenvalue weighted by Gasteiger charge is -2.63. The smallest absolute Gasteiger partial charge is 0.167 e. The van der Waals surface area contributed by atoms with E-state index in [-0.39, 0.29) is 23.2 Å². The zero-order chi connectivity index (χ0) is 13.2. The van der Waals surface area contributed by atoms with Gasteiger partial charge in [0.15, 0.2) is 5.78 Å². The summed E-state index contributed by atoms with van der Waals surface area (Å²) in [4.78, 5) is 15.2. The van der Waals surface area contributed by atoms with Crippen molar-refractivity contribution in [2.75, 3.05) is 13.1 Å². The molecule has 2 aliphatic carbocycles. The number of carbonyl (C=O) groups excluding carboxylic acids is 1. The third-order valence-electron chi connectivity index (χ3n) is 6.06. The summed E-state index contributed by atoms with van der Waals surface area (Å²) < 4.78 is 0. The average molecular weight is 261 g/mol. The van der Waals surface area contributed by atoms with E-state index in [9.17, 15) is 9.90 Å². The zero-order valence-corrected chi connectivity index (χ0v) is 11.6. The first-order valence-corrected chi connectivity index (χ1v) is 7.82. The van der Waals surface area contributed by atoms with E-state index in [0.717, 1.165) is 45.2 Å². The highest BCUT2D eigenvalue weighted by atomic mass is 16.3. The fraction of sp³-hybridized carbons (Fsp3) is 0.812. The Morgan fingerprint density at radius 2 is 2.26 bits per heavy atom. The molecule has 5 atom stereocenters. The number of ketones is 1. The number of hydrogen-bond donors (Lipinski definition) is 1. The second kappa shape index (κ2) is 3.92. The molecular formula is C16H23NO2. The predicted molar refractivity (Wildman–Crippen MR) is 72.6 cm³/mol. The van der Waals surface area contributed by atoms with Crippen molar-refractivity contribution < 1.29 is 9.90 Å². The molecule has 3 heteroatoms. The van der Waals surface area contributed by atoms with Crippen molar-refractivity contribution in [1.29, 1.82) is 0 Å². The van der Waals surface area contributed by atoms with Crippen molar-refractivity contribution in [1.82, 2.24) is 4.90 Å². The molecule has 3 nitrogen and oxygen atoms in total. The van der Waals surface area contributed by atoms with E-state index in [1.165, 1.54) is 5.57 Å². The molecule has 4 rings (SSSR count). The summed E-state index contributed by atoms with van der Waals surface area (Å²) in [6.45, 7) is 4.53. The number of aliphatic hydroxyl groups excluding tert-OH is 1. The van der Waals surface area contributed by atoms with E-state index in [4.69, 9.17) is 0 Å². The summed E-state index contributed by atoms with van der Waals surface area (Å²) in [7, 11) is 0. The molecule has 3 fully saturated rings. The molecular weight excluding hydrogens is 238 g/mol. The normalized spacial score (nSPS) is 49.6. The van der Waals surface area contributed by atoms with E-state index in [2.05, 4.69) is 17.9 Å². The molecule has 0 aromatic rings. The molecule has 1 N–H and O–H groups in total. The van der Waals surface area contributed by atoms with Gasteiger partial charge in [-0.2, -0.15) is 0 Å². The monoisotopic (exact) mass is 261 g/mol. The molecule has 2 aliphatic heterocycles. The van der Waals surface area contributed by atoms with Crippen LogP contribution in [0.1, 0.15) is 39.0 Å². The highest BCUT2D eigenvalue weighted by molar-refractivity contribution is 5.90. The molecule has 1 spiro atoms. The van der Waals surface area contributed by atoms with Gasteiger partial charge >= 0.3 is 0 Å². The van der Waals surface area contributed by atoms with Crippen LogP contribution in [0.4, 0.5) is 0 Å². The van der Waals surface area contributed by atoms with Gasteiger partial charge in [-0.3, -0.25) is 9.69 Å². The van der Waals surface area contributed by atoms with Crippen molar-refractivity contribution in [2.24, 2.45) is 17.8 Å². The van der Waals surface area contributed by atoms with Gasteiger partial charge in [0.2, 0.25) is 0 Å². The van der Waals surface area contributed by atoms with Crippen LogP contribution in [0.25, 0.3) is 0 Å². The summed E-state index contributed by atoms with van der Waals surface area (Å²) in [6.07, 6.45) is 6.92. The predicted octanol–water partition coefficient (Wildman–Crippen LogP) is 1.76. The molecule has 2 heterocycles. The van der Waals surface area contributed by atoms with E-state index in [1.807, 2.05) is 0 Å². The molecule has 19 heavy (non-hydrogen) atoms. The van der Waals surface area contributed by atoms with E-state index in [0.29, 0.717) is 5.92 Å². The fourth-order valence-electron chi connectivity index (χ4n) is 5.51. The first-order chi connectivity index (χ1) is 9.14. The number of aliphatic hydroxyl groups is 1. The van der Waals surface area contributed by atoms with Gasteiger partial charge < -0.3 is 5.11 Å². The molecule has 0 radical (unpaired) electrons. The molecule has 104 valence electrons. The van der Waals surface area contributed by atoms with Crippen molar-refractivity contribution in [3.8, 4) is 0 Å². The Labute approximate surface area is 114 Å². The quantitative estimate of drug-likeness (QED) is 0.675.